The Bertz CT molecular complexity index is 433. The first kappa shape index (κ1) is 10.8. The number of rotatable bonds is 1. The Morgan fingerprint density at radius 3 is 2.76 bits per heavy atom. The zero-order chi connectivity index (χ0) is 11.8. The van der Waals surface area contributed by atoms with Crippen molar-refractivity contribution in [1.82, 2.24) is 0 Å². The Morgan fingerprint density at radius 1 is 1.24 bits per heavy atom. The number of fused-ring (bicyclic) bond motifs is 2. The average molecular weight is 230 g/mol. The van der Waals surface area contributed by atoms with Gasteiger partial charge in [-0.25, -0.2) is 0 Å². The molecule has 0 saturated carbocycles. The summed E-state index contributed by atoms with van der Waals surface area (Å²) in [5.74, 6) is 1.54. The number of phenolic OH excluding ortho intramolecular Hbond substituents is 1. The van der Waals surface area contributed by atoms with Gasteiger partial charge < -0.3 is 9.84 Å². The Morgan fingerprint density at radius 2 is 2.00 bits per heavy atom. The van der Waals surface area contributed by atoms with Crippen LogP contribution >= 0.6 is 0 Å². The van der Waals surface area contributed by atoms with Gasteiger partial charge in [0.05, 0.1) is 12.7 Å². The van der Waals surface area contributed by atoms with Crippen LogP contribution in [0.3, 0.4) is 0 Å². The summed E-state index contributed by atoms with van der Waals surface area (Å²) >= 11 is 0. The molecule has 1 heterocycles. The molecule has 0 amide bonds. The third-order valence-electron chi connectivity index (χ3n) is 4.04. The van der Waals surface area contributed by atoms with Gasteiger partial charge in [-0.2, -0.15) is 0 Å². The van der Waals surface area contributed by atoms with Gasteiger partial charge in [-0.1, -0.05) is 23.8 Å². The van der Waals surface area contributed by atoms with E-state index in [1.807, 2.05) is 12.1 Å². The molecule has 0 radical (unpaired) electrons. The SMILES string of the molecule is CC1=CCC2COC(c3ccc(O)cc3)C1C2. The van der Waals surface area contributed by atoms with Gasteiger partial charge >= 0.3 is 0 Å². The van der Waals surface area contributed by atoms with E-state index in [4.69, 9.17) is 4.74 Å². The summed E-state index contributed by atoms with van der Waals surface area (Å²) in [5, 5.41) is 9.33. The van der Waals surface area contributed by atoms with E-state index in [9.17, 15) is 5.11 Å². The van der Waals surface area contributed by atoms with Crippen LogP contribution in [0.5, 0.6) is 5.75 Å². The van der Waals surface area contributed by atoms with Gasteiger partial charge in [-0.3, -0.25) is 0 Å². The highest BCUT2D eigenvalue weighted by molar-refractivity contribution is 5.30. The summed E-state index contributed by atoms with van der Waals surface area (Å²) in [7, 11) is 0. The van der Waals surface area contributed by atoms with Crippen LogP contribution in [-0.2, 0) is 4.74 Å². The van der Waals surface area contributed by atoms with Gasteiger partial charge in [0.2, 0.25) is 0 Å². The Hall–Kier alpha value is -1.28. The van der Waals surface area contributed by atoms with Crippen molar-refractivity contribution in [3.05, 3.63) is 41.5 Å². The lowest BCUT2D eigenvalue weighted by atomic mass is 9.75. The van der Waals surface area contributed by atoms with E-state index < -0.39 is 0 Å². The predicted octanol–water partition coefficient (Wildman–Crippen LogP) is 3.44. The van der Waals surface area contributed by atoms with E-state index in [1.54, 1.807) is 12.1 Å². The van der Waals surface area contributed by atoms with Gasteiger partial charge in [0.1, 0.15) is 5.75 Å². The molecule has 1 aromatic carbocycles. The van der Waals surface area contributed by atoms with E-state index >= 15 is 0 Å². The minimum absolute atomic E-state index is 0.170. The number of phenols is 1. The maximum absolute atomic E-state index is 9.33. The first-order chi connectivity index (χ1) is 8.24. The number of benzene rings is 1. The molecular weight excluding hydrogens is 212 g/mol. The summed E-state index contributed by atoms with van der Waals surface area (Å²) in [4.78, 5) is 0. The number of hydrogen-bond acceptors (Lipinski definition) is 2. The second kappa shape index (κ2) is 4.19. The van der Waals surface area contributed by atoms with Gasteiger partial charge in [0.25, 0.3) is 0 Å². The molecular formula is C15H18O2. The Kier molecular flexibility index (Phi) is 2.67. The monoisotopic (exact) mass is 230 g/mol. The minimum atomic E-state index is 0.170. The molecule has 1 aliphatic heterocycles. The standard InChI is InChI=1S/C15H18O2/c1-10-2-3-11-8-14(10)15(17-9-11)12-4-6-13(16)7-5-12/h2,4-7,11,14-16H,3,8-9H2,1H3. The predicted molar refractivity (Wildman–Crippen MR) is 66.8 cm³/mol. The molecule has 2 heteroatoms. The molecule has 2 bridgehead atoms. The second-order valence-corrected chi connectivity index (χ2v) is 5.24. The smallest absolute Gasteiger partial charge is 0.115 e. The molecule has 0 spiro atoms. The fraction of sp³-hybridized carbons (Fsp3) is 0.467. The van der Waals surface area contributed by atoms with Crippen molar-refractivity contribution in [3.8, 4) is 5.75 Å². The van der Waals surface area contributed by atoms with Crippen molar-refractivity contribution >= 4 is 0 Å². The summed E-state index contributed by atoms with van der Waals surface area (Å²) in [6, 6.07) is 7.43. The lowest BCUT2D eigenvalue weighted by Gasteiger charge is -2.40. The van der Waals surface area contributed by atoms with Gasteiger partial charge in [-0.15, -0.1) is 0 Å². The molecule has 1 saturated heterocycles. The molecule has 3 atom stereocenters. The van der Waals surface area contributed by atoms with E-state index in [2.05, 4.69) is 13.0 Å². The van der Waals surface area contributed by atoms with Crippen molar-refractivity contribution in [2.75, 3.05) is 6.61 Å². The molecule has 1 aliphatic carbocycles. The highest BCUT2D eigenvalue weighted by Gasteiger charge is 2.35. The molecule has 1 aromatic rings. The van der Waals surface area contributed by atoms with Crippen LogP contribution in [0.4, 0.5) is 0 Å². The lowest BCUT2D eigenvalue weighted by Crippen LogP contribution is -2.32. The fourth-order valence-corrected chi connectivity index (χ4v) is 2.99. The Labute approximate surface area is 102 Å². The largest absolute Gasteiger partial charge is 0.508 e. The van der Waals surface area contributed by atoms with Crippen LogP contribution in [0.15, 0.2) is 35.9 Å². The molecule has 3 rings (SSSR count). The van der Waals surface area contributed by atoms with Gasteiger partial charge in [0, 0.05) is 5.92 Å². The topological polar surface area (TPSA) is 29.5 Å². The molecule has 1 N–H and O–H groups in total. The van der Waals surface area contributed by atoms with Crippen molar-refractivity contribution in [2.24, 2.45) is 11.8 Å². The van der Waals surface area contributed by atoms with Gasteiger partial charge in [-0.05, 0) is 43.4 Å². The van der Waals surface area contributed by atoms with Crippen molar-refractivity contribution in [2.45, 2.75) is 25.9 Å². The fourth-order valence-electron chi connectivity index (χ4n) is 2.99. The van der Waals surface area contributed by atoms with Crippen LogP contribution in [0, 0.1) is 11.8 Å². The summed E-state index contributed by atoms with van der Waals surface area (Å²) in [5.41, 5.74) is 2.64. The molecule has 2 aliphatic rings. The molecule has 2 nitrogen and oxygen atoms in total. The molecule has 17 heavy (non-hydrogen) atoms. The van der Waals surface area contributed by atoms with Crippen LogP contribution < -0.4 is 0 Å². The first-order valence-corrected chi connectivity index (χ1v) is 6.31. The van der Waals surface area contributed by atoms with E-state index in [0.29, 0.717) is 17.6 Å². The van der Waals surface area contributed by atoms with Crippen LogP contribution in [0.2, 0.25) is 0 Å². The number of hydrogen-bond donors (Lipinski definition) is 1. The highest BCUT2D eigenvalue weighted by Crippen LogP contribution is 2.44. The third kappa shape index (κ3) is 1.98. The lowest BCUT2D eigenvalue weighted by molar-refractivity contribution is -0.0512. The third-order valence-corrected chi connectivity index (χ3v) is 4.04. The molecule has 90 valence electrons. The van der Waals surface area contributed by atoms with Crippen LogP contribution in [-0.4, -0.2) is 11.7 Å². The zero-order valence-corrected chi connectivity index (χ0v) is 10.1. The maximum Gasteiger partial charge on any atom is 0.115 e. The number of aromatic hydroxyl groups is 1. The summed E-state index contributed by atoms with van der Waals surface area (Å²) in [6.45, 7) is 3.08. The molecule has 3 unspecified atom stereocenters. The average Bonchev–Trinajstić information content (AvgIpc) is 2.36. The first-order valence-electron chi connectivity index (χ1n) is 6.31. The summed E-state index contributed by atoms with van der Waals surface area (Å²) < 4.78 is 6.02. The highest BCUT2D eigenvalue weighted by atomic mass is 16.5. The quantitative estimate of drug-likeness (QED) is 0.749. The number of ether oxygens (including phenoxy) is 1. The van der Waals surface area contributed by atoms with Crippen molar-refractivity contribution in [1.29, 1.82) is 0 Å². The van der Waals surface area contributed by atoms with E-state index in [0.717, 1.165) is 6.61 Å². The Balaban J connectivity index is 1.90. The second-order valence-electron chi connectivity index (χ2n) is 5.24. The van der Waals surface area contributed by atoms with Crippen molar-refractivity contribution in [3.63, 3.8) is 0 Å². The van der Waals surface area contributed by atoms with E-state index in [1.165, 1.54) is 24.0 Å². The van der Waals surface area contributed by atoms with Gasteiger partial charge in [0.15, 0.2) is 0 Å². The number of allylic oxidation sites excluding steroid dienone is 1. The van der Waals surface area contributed by atoms with Crippen LogP contribution in [0.25, 0.3) is 0 Å². The molecule has 0 aromatic heterocycles. The minimum Gasteiger partial charge on any atom is -0.508 e. The summed E-state index contributed by atoms with van der Waals surface area (Å²) in [6.07, 6.45) is 4.95. The molecule has 1 fully saturated rings. The van der Waals surface area contributed by atoms with Crippen LogP contribution in [0.1, 0.15) is 31.4 Å². The zero-order valence-electron chi connectivity index (χ0n) is 10.1. The normalized spacial score (nSPS) is 32.1. The van der Waals surface area contributed by atoms with E-state index in [-0.39, 0.29) is 6.10 Å². The van der Waals surface area contributed by atoms with Crippen molar-refractivity contribution < 1.29 is 9.84 Å². The maximum atomic E-state index is 9.33.